The molecular weight excluding hydrogens is 214 g/mol. The second-order valence-electron chi connectivity index (χ2n) is 5.83. The van der Waals surface area contributed by atoms with Gasteiger partial charge in [0.2, 0.25) is 5.91 Å². The molecule has 4 heteroatoms. The standard InChI is InChI=1S/C13H27N3O/c1-10(2)16-7-6-11(9-16)8-15-12(17)13(3,4)14-5/h10-11,14H,6-9H2,1-5H3,(H,15,17). The van der Waals surface area contributed by atoms with E-state index >= 15 is 0 Å². The molecule has 1 amide bonds. The Morgan fingerprint density at radius 3 is 2.59 bits per heavy atom. The lowest BCUT2D eigenvalue weighted by atomic mass is 10.0. The third kappa shape index (κ3) is 3.96. The van der Waals surface area contributed by atoms with Crippen molar-refractivity contribution in [2.24, 2.45) is 5.92 Å². The molecule has 1 rings (SSSR count). The number of likely N-dealkylation sites (tertiary alicyclic amines) is 1. The quantitative estimate of drug-likeness (QED) is 0.749. The number of hydrogen-bond donors (Lipinski definition) is 2. The lowest BCUT2D eigenvalue weighted by molar-refractivity contribution is -0.126. The molecular formula is C13H27N3O. The molecule has 0 radical (unpaired) electrons. The second kappa shape index (κ2) is 5.83. The van der Waals surface area contributed by atoms with E-state index < -0.39 is 5.54 Å². The van der Waals surface area contributed by atoms with Crippen LogP contribution in [-0.2, 0) is 4.79 Å². The molecule has 0 aromatic rings. The van der Waals surface area contributed by atoms with Crippen molar-refractivity contribution in [2.45, 2.75) is 45.7 Å². The number of carbonyl (C=O) groups is 1. The third-order valence-corrected chi connectivity index (χ3v) is 3.79. The first-order valence-electron chi connectivity index (χ1n) is 6.58. The van der Waals surface area contributed by atoms with E-state index in [-0.39, 0.29) is 5.91 Å². The van der Waals surface area contributed by atoms with Crippen molar-refractivity contribution < 1.29 is 4.79 Å². The SMILES string of the molecule is CNC(C)(C)C(=O)NCC1CCN(C(C)C)C1. The van der Waals surface area contributed by atoms with E-state index in [9.17, 15) is 4.79 Å². The van der Waals surface area contributed by atoms with Crippen LogP contribution < -0.4 is 10.6 Å². The molecule has 0 aliphatic carbocycles. The molecule has 0 spiro atoms. The van der Waals surface area contributed by atoms with Crippen molar-refractivity contribution in [2.75, 3.05) is 26.7 Å². The zero-order valence-electron chi connectivity index (χ0n) is 11.8. The van der Waals surface area contributed by atoms with Crippen LogP contribution in [0.4, 0.5) is 0 Å². The Bertz CT molecular complexity index is 263. The topological polar surface area (TPSA) is 44.4 Å². The summed E-state index contributed by atoms with van der Waals surface area (Å²) in [6.07, 6.45) is 1.19. The van der Waals surface area contributed by atoms with Crippen molar-refractivity contribution in [3.05, 3.63) is 0 Å². The van der Waals surface area contributed by atoms with Crippen molar-refractivity contribution in [3.8, 4) is 0 Å². The number of amides is 1. The highest BCUT2D eigenvalue weighted by atomic mass is 16.2. The van der Waals surface area contributed by atoms with Crippen molar-refractivity contribution in [1.29, 1.82) is 0 Å². The van der Waals surface area contributed by atoms with E-state index in [0.29, 0.717) is 12.0 Å². The van der Waals surface area contributed by atoms with Crippen LogP contribution in [-0.4, -0.2) is 49.1 Å². The predicted molar refractivity (Wildman–Crippen MR) is 71.0 cm³/mol. The average Bonchev–Trinajstić information content (AvgIpc) is 2.74. The molecule has 0 bridgehead atoms. The number of likely N-dealkylation sites (N-methyl/N-ethyl adjacent to an activating group) is 1. The smallest absolute Gasteiger partial charge is 0.239 e. The van der Waals surface area contributed by atoms with Gasteiger partial charge in [0.05, 0.1) is 5.54 Å². The molecule has 1 aliphatic rings. The maximum absolute atomic E-state index is 11.9. The maximum atomic E-state index is 11.9. The molecule has 0 saturated carbocycles. The summed E-state index contributed by atoms with van der Waals surface area (Å²) in [6.45, 7) is 11.3. The van der Waals surface area contributed by atoms with Crippen LogP contribution in [0.15, 0.2) is 0 Å². The lowest BCUT2D eigenvalue weighted by Gasteiger charge is -2.24. The van der Waals surface area contributed by atoms with Crippen LogP contribution in [0.3, 0.4) is 0 Å². The van der Waals surface area contributed by atoms with E-state index in [1.807, 2.05) is 20.9 Å². The Balaban J connectivity index is 2.31. The summed E-state index contributed by atoms with van der Waals surface area (Å²) in [5.41, 5.74) is -0.476. The van der Waals surface area contributed by atoms with Gasteiger partial charge in [0.25, 0.3) is 0 Å². The van der Waals surface area contributed by atoms with Gasteiger partial charge in [-0.25, -0.2) is 0 Å². The van der Waals surface area contributed by atoms with Crippen LogP contribution in [0.1, 0.15) is 34.1 Å². The normalized spacial score (nSPS) is 22.1. The van der Waals surface area contributed by atoms with Gasteiger partial charge in [-0.05, 0) is 53.6 Å². The molecule has 1 unspecified atom stereocenters. The molecule has 1 aliphatic heterocycles. The summed E-state index contributed by atoms with van der Waals surface area (Å²) in [4.78, 5) is 14.4. The fourth-order valence-electron chi connectivity index (χ4n) is 2.07. The predicted octanol–water partition coefficient (Wildman–Crippen LogP) is 0.831. The van der Waals surface area contributed by atoms with Gasteiger partial charge in [-0.15, -0.1) is 0 Å². The lowest BCUT2D eigenvalue weighted by Crippen LogP contribution is -2.52. The summed E-state index contributed by atoms with van der Waals surface area (Å²) in [5, 5.41) is 6.07. The summed E-state index contributed by atoms with van der Waals surface area (Å²) in [7, 11) is 1.82. The van der Waals surface area contributed by atoms with Crippen molar-refractivity contribution in [1.82, 2.24) is 15.5 Å². The van der Waals surface area contributed by atoms with Gasteiger partial charge in [-0.3, -0.25) is 4.79 Å². The Hall–Kier alpha value is -0.610. The Morgan fingerprint density at radius 1 is 1.47 bits per heavy atom. The first-order chi connectivity index (χ1) is 7.86. The summed E-state index contributed by atoms with van der Waals surface area (Å²) in [6, 6.07) is 0.615. The van der Waals surface area contributed by atoms with Gasteiger partial charge in [0, 0.05) is 19.1 Å². The van der Waals surface area contributed by atoms with Crippen molar-refractivity contribution in [3.63, 3.8) is 0 Å². The molecule has 4 nitrogen and oxygen atoms in total. The molecule has 100 valence electrons. The maximum Gasteiger partial charge on any atom is 0.239 e. The second-order valence-corrected chi connectivity index (χ2v) is 5.83. The molecule has 2 N–H and O–H groups in total. The zero-order chi connectivity index (χ0) is 13.1. The highest BCUT2D eigenvalue weighted by Crippen LogP contribution is 2.17. The number of rotatable bonds is 5. The minimum atomic E-state index is -0.476. The van der Waals surface area contributed by atoms with Gasteiger partial charge in [0.1, 0.15) is 0 Å². The van der Waals surface area contributed by atoms with Crippen LogP contribution in [0, 0.1) is 5.92 Å². The van der Waals surface area contributed by atoms with Gasteiger partial charge in [-0.2, -0.15) is 0 Å². The van der Waals surface area contributed by atoms with Gasteiger partial charge in [-0.1, -0.05) is 0 Å². The molecule has 0 aromatic carbocycles. The molecule has 0 aromatic heterocycles. The monoisotopic (exact) mass is 241 g/mol. The van der Waals surface area contributed by atoms with Crippen LogP contribution in [0.25, 0.3) is 0 Å². The zero-order valence-corrected chi connectivity index (χ0v) is 11.8. The molecule has 1 heterocycles. The van der Waals surface area contributed by atoms with E-state index in [2.05, 4.69) is 29.4 Å². The van der Waals surface area contributed by atoms with Crippen LogP contribution in [0.5, 0.6) is 0 Å². The van der Waals surface area contributed by atoms with Gasteiger partial charge < -0.3 is 15.5 Å². The number of nitrogens with one attached hydrogen (secondary N) is 2. The number of nitrogens with zero attached hydrogens (tertiary/aromatic N) is 1. The summed E-state index contributed by atoms with van der Waals surface area (Å²) in [5.74, 6) is 0.692. The third-order valence-electron chi connectivity index (χ3n) is 3.79. The first-order valence-corrected chi connectivity index (χ1v) is 6.58. The highest BCUT2D eigenvalue weighted by molar-refractivity contribution is 5.85. The Kier molecular flexibility index (Phi) is 4.95. The van der Waals surface area contributed by atoms with Crippen LogP contribution in [0.2, 0.25) is 0 Å². The highest BCUT2D eigenvalue weighted by Gasteiger charge is 2.28. The summed E-state index contributed by atoms with van der Waals surface area (Å²) < 4.78 is 0. The fraction of sp³-hybridized carbons (Fsp3) is 0.923. The fourth-order valence-corrected chi connectivity index (χ4v) is 2.07. The van der Waals surface area contributed by atoms with E-state index in [0.717, 1.165) is 19.6 Å². The minimum absolute atomic E-state index is 0.0861. The van der Waals surface area contributed by atoms with E-state index in [1.165, 1.54) is 6.42 Å². The average molecular weight is 241 g/mol. The van der Waals surface area contributed by atoms with Crippen molar-refractivity contribution >= 4 is 5.91 Å². The van der Waals surface area contributed by atoms with E-state index in [1.54, 1.807) is 0 Å². The number of carbonyl (C=O) groups excluding carboxylic acids is 1. The molecule has 1 fully saturated rings. The minimum Gasteiger partial charge on any atom is -0.354 e. The molecule has 1 atom stereocenters. The first kappa shape index (κ1) is 14.5. The summed E-state index contributed by atoms with van der Waals surface area (Å²) >= 11 is 0. The molecule has 1 saturated heterocycles. The largest absolute Gasteiger partial charge is 0.354 e. The Morgan fingerprint density at radius 2 is 2.12 bits per heavy atom. The number of hydrogen-bond acceptors (Lipinski definition) is 3. The van der Waals surface area contributed by atoms with Gasteiger partial charge in [0.15, 0.2) is 0 Å². The Labute approximate surface area is 105 Å². The van der Waals surface area contributed by atoms with E-state index in [4.69, 9.17) is 0 Å². The van der Waals surface area contributed by atoms with Gasteiger partial charge >= 0.3 is 0 Å². The molecule has 17 heavy (non-hydrogen) atoms. The van der Waals surface area contributed by atoms with Crippen LogP contribution >= 0.6 is 0 Å².